The molecule has 0 saturated carbocycles. The Hall–Kier alpha value is -2.58. The van der Waals surface area contributed by atoms with E-state index >= 15 is 0 Å². The van der Waals surface area contributed by atoms with E-state index < -0.39 is 17.7 Å². The van der Waals surface area contributed by atoms with Gasteiger partial charge in [0.25, 0.3) is 11.7 Å². The number of ether oxygens (including phenoxy) is 2. The Balaban J connectivity index is 1.68. The number of hydrogen-bond acceptors (Lipinski definition) is 6. The number of benzene rings is 2. The van der Waals surface area contributed by atoms with Gasteiger partial charge in [-0.05, 0) is 60.7 Å². The second-order valence-electron chi connectivity index (χ2n) is 10.2. The van der Waals surface area contributed by atoms with E-state index in [9.17, 15) is 14.7 Å². The Bertz CT molecular complexity index is 1220. The molecule has 1 amide bonds. The van der Waals surface area contributed by atoms with Gasteiger partial charge in [-0.25, -0.2) is 0 Å². The molecule has 4 rings (SSSR count). The molecule has 2 aromatic rings. The SMILES string of the molecule is Cc1cc(OCC(C)C)ccc1/C(O)=C1\C(=O)C(=O)N(CCCN2CCOCC2)[C@H]1c1ccc(Cl)c(Cl)c1. The quantitative estimate of drug-likeness (QED) is 0.248. The minimum atomic E-state index is -0.786. The van der Waals surface area contributed by atoms with E-state index in [2.05, 4.69) is 18.7 Å². The van der Waals surface area contributed by atoms with Crippen molar-refractivity contribution in [2.24, 2.45) is 5.92 Å². The fourth-order valence-corrected chi connectivity index (χ4v) is 5.14. The topological polar surface area (TPSA) is 79.3 Å². The molecular weight excluding hydrogens is 527 g/mol. The summed E-state index contributed by atoms with van der Waals surface area (Å²) in [6.07, 6.45) is 0.672. The van der Waals surface area contributed by atoms with Crippen LogP contribution in [0.15, 0.2) is 42.0 Å². The Morgan fingerprint density at radius 3 is 2.47 bits per heavy atom. The minimum absolute atomic E-state index is 0.0405. The molecule has 9 heteroatoms. The molecule has 38 heavy (non-hydrogen) atoms. The van der Waals surface area contributed by atoms with Crippen LogP contribution in [0, 0.1) is 12.8 Å². The molecule has 2 saturated heterocycles. The van der Waals surface area contributed by atoms with E-state index in [0.717, 1.165) is 25.2 Å². The zero-order valence-electron chi connectivity index (χ0n) is 22.0. The second-order valence-corrected chi connectivity index (χ2v) is 11.0. The summed E-state index contributed by atoms with van der Waals surface area (Å²) < 4.78 is 11.2. The molecule has 2 aliphatic rings. The lowest BCUT2D eigenvalue weighted by atomic mass is 9.94. The van der Waals surface area contributed by atoms with Crippen molar-refractivity contribution in [3.05, 3.63) is 68.7 Å². The highest BCUT2D eigenvalue weighted by Crippen LogP contribution is 2.41. The van der Waals surface area contributed by atoms with Crippen LogP contribution in [0.2, 0.25) is 10.0 Å². The predicted molar refractivity (Wildman–Crippen MR) is 149 cm³/mol. The third kappa shape index (κ3) is 6.34. The first-order valence-corrected chi connectivity index (χ1v) is 13.7. The maximum absolute atomic E-state index is 13.4. The monoisotopic (exact) mass is 560 g/mol. The fraction of sp³-hybridized carbons (Fsp3) is 0.448. The number of morpholine rings is 1. The molecule has 1 N–H and O–H groups in total. The Morgan fingerprint density at radius 2 is 1.82 bits per heavy atom. The molecule has 1 atom stereocenters. The van der Waals surface area contributed by atoms with Crippen LogP contribution < -0.4 is 4.74 Å². The normalized spacial score (nSPS) is 19.9. The number of carbonyl (C=O) groups is 2. The molecule has 0 spiro atoms. The first-order chi connectivity index (χ1) is 18.2. The van der Waals surface area contributed by atoms with Crippen molar-refractivity contribution >= 4 is 40.7 Å². The van der Waals surface area contributed by atoms with E-state index in [1.54, 1.807) is 30.3 Å². The van der Waals surface area contributed by atoms with Crippen LogP contribution in [0.1, 0.15) is 43.0 Å². The second kappa shape index (κ2) is 12.5. The maximum atomic E-state index is 13.4. The summed E-state index contributed by atoms with van der Waals surface area (Å²) in [5, 5.41) is 12.1. The molecule has 2 heterocycles. The van der Waals surface area contributed by atoms with Crippen LogP contribution in [-0.4, -0.2) is 72.6 Å². The number of aliphatic hydroxyl groups excluding tert-OH is 1. The lowest BCUT2D eigenvalue weighted by molar-refractivity contribution is -0.140. The molecule has 2 fully saturated rings. The standard InChI is InChI=1S/C29H34Cl2N2O5/c1-18(2)17-38-21-6-7-22(19(3)15-21)27(34)25-26(20-5-8-23(30)24(31)16-20)33(29(36)28(25)35)10-4-9-32-11-13-37-14-12-32/h5-8,15-16,18,26,34H,4,9-14,17H2,1-3H3/b27-25+/t26-/m0/s1. The number of carbonyl (C=O) groups excluding carboxylic acids is 2. The van der Waals surface area contributed by atoms with Crippen molar-refractivity contribution in [2.75, 3.05) is 46.0 Å². The molecule has 2 aromatic carbocycles. The van der Waals surface area contributed by atoms with Gasteiger partial charge < -0.3 is 19.5 Å². The number of halogens is 2. The molecule has 204 valence electrons. The lowest BCUT2D eigenvalue weighted by Crippen LogP contribution is -2.38. The Kier molecular flexibility index (Phi) is 9.36. The van der Waals surface area contributed by atoms with Gasteiger partial charge in [-0.15, -0.1) is 0 Å². The van der Waals surface area contributed by atoms with Gasteiger partial charge >= 0.3 is 0 Å². The number of aryl methyl sites for hydroxylation is 1. The van der Waals surface area contributed by atoms with Gasteiger partial charge in [-0.1, -0.05) is 43.1 Å². The number of rotatable bonds is 9. The first-order valence-electron chi connectivity index (χ1n) is 12.9. The van der Waals surface area contributed by atoms with Crippen LogP contribution >= 0.6 is 23.2 Å². The summed E-state index contributed by atoms with van der Waals surface area (Å²) in [4.78, 5) is 30.5. The summed E-state index contributed by atoms with van der Waals surface area (Å²) in [6, 6.07) is 9.55. The van der Waals surface area contributed by atoms with Crippen LogP contribution in [0.5, 0.6) is 5.75 Å². The molecule has 0 radical (unpaired) electrons. The molecule has 7 nitrogen and oxygen atoms in total. The summed E-state index contributed by atoms with van der Waals surface area (Å²) in [5.41, 5.74) is 1.85. The number of ketones is 1. The molecule has 0 aliphatic carbocycles. The van der Waals surface area contributed by atoms with Crippen LogP contribution in [0.4, 0.5) is 0 Å². The number of hydrogen-bond donors (Lipinski definition) is 1. The van der Waals surface area contributed by atoms with Crippen LogP contribution in [-0.2, 0) is 14.3 Å². The highest BCUT2D eigenvalue weighted by atomic mass is 35.5. The molecule has 2 aliphatic heterocycles. The third-order valence-electron chi connectivity index (χ3n) is 6.81. The van der Waals surface area contributed by atoms with Crippen LogP contribution in [0.3, 0.4) is 0 Å². The van der Waals surface area contributed by atoms with Gasteiger partial charge in [0, 0.05) is 31.7 Å². The Labute approximate surface area is 233 Å². The van der Waals surface area contributed by atoms with Crippen molar-refractivity contribution in [3.8, 4) is 5.75 Å². The van der Waals surface area contributed by atoms with Crippen molar-refractivity contribution in [3.63, 3.8) is 0 Å². The molecular formula is C29H34Cl2N2O5. The summed E-state index contributed by atoms with van der Waals surface area (Å²) >= 11 is 12.5. The number of nitrogens with zero attached hydrogens (tertiary/aromatic N) is 2. The predicted octanol–water partition coefficient (Wildman–Crippen LogP) is 5.48. The van der Waals surface area contributed by atoms with Crippen molar-refractivity contribution in [1.82, 2.24) is 9.80 Å². The van der Waals surface area contributed by atoms with E-state index in [1.807, 2.05) is 13.0 Å². The highest BCUT2D eigenvalue weighted by molar-refractivity contribution is 6.47. The zero-order chi connectivity index (χ0) is 27.4. The summed E-state index contributed by atoms with van der Waals surface area (Å²) in [7, 11) is 0. The number of Topliss-reactive ketones (excluding diaryl/α,β-unsaturated/α-hetero) is 1. The van der Waals surface area contributed by atoms with Gasteiger partial charge in [0.05, 0.1) is 41.5 Å². The zero-order valence-corrected chi connectivity index (χ0v) is 23.5. The molecule has 0 bridgehead atoms. The largest absolute Gasteiger partial charge is 0.507 e. The van der Waals surface area contributed by atoms with Gasteiger partial charge in [-0.3, -0.25) is 14.5 Å². The van der Waals surface area contributed by atoms with Crippen molar-refractivity contribution in [1.29, 1.82) is 0 Å². The fourth-order valence-electron chi connectivity index (χ4n) is 4.83. The lowest BCUT2D eigenvalue weighted by Gasteiger charge is -2.29. The van der Waals surface area contributed by atoms with E-state index in [-0.39, 0.29) is 11.3 Å². The number of likely N-dealkylation sites (tertiary alicyclic amines) is 1. The highest BCUT2D eigenvalue weighted by Gasteiger charge is 2.46. The van der Waals surface area contributed by atoms with Gasteiger partial charge in [0.2, 0.25) is 0 Å². The minimum Gasteiger partial charge on any atom is -0.507 e. The molecule has 0 unspecified atom stereocenters. The smallest absolute Gasteiger partial charge is 0.295 e. The maximum Gasteiger partial charge on any atom is 0.295 e. The number of amides is 1. The average molecular weight is 562 g/mol. The van der Waals surface area contributed by atoms with E-state index in [4.69, 9.17) is 32.7 Å². The number of aliphatic hydroxyl groups is 1. The first kappa shape index (κ1) is 28.4. The third-order valence-corrected chi connectivity index (χ3v) is 7.55. The molecule has 0 aromatic heterocycles. The van der Waals surface area contributed by atoms with Crippen molar-refractivity contribution < 1.29 is 24.2 Å². The van der Waals surface area contributed by atoms with Gasteiger partial charge in [-0.2, -0.15) is 0 Å². The average Bonchev–Trinajstić information content (AvgIpc) is 3.14. The summed E-state index contributed by atoms with van der Waals surface area (Å²) in [5.74, 6) is -0.530. The van der Waals surface area contributed by atoms with Gasteiger partial charge in [0.1, 0.15) is 11.5 Å². The Morgan fingerprint density at radius 1 is 1.08 bits per heavy atom. The van der Waals surface area contributed by atoms with Crippen LogP contribution in [0.25, 0.3) is 5.76 Å². The van der Waals surface area contributed by atoms with Gasteiger partial charge in [0.15, 0.2) is 0 Å². The summed E-state index contributed by atoms with van der Waals surface area (Å²) in [6.45, 7) is 10.7. The van der Waals surface area contributed by atoms with E-state index in [0.29, 0.717) is 65.6 Å². The van der Waals surface area contributed by atoms with E-state index in [1.165, 1.54) is 4.90 Å². The van der Waals surface area contributed by atoms with Crippen molar-refractivity contribution in [2.45, 2.75) is 33.2 Å².